The molecule has 2 aromatic heterocycles. The maximum atomic E-state index is 12.7. The molecule has 7 nitrogen and oxygen atoms in total. The summed E-state index contributed by atoms with van der Waals surface area (Å²) in [5.74, 6) is 0.118. The standard InChI is InChI=1S/C20H24N6O/c1-14-12-26(7-6-24(14)2)20(27)10-18-9-16-8-15(4-5-19(16)23-22-18)17-11-21-25(3)13-17/h4-5,8-9,11,13-14H,6-7,10,12H2,1-3H3/t14-/m1/s1. The molecule has 4 rings (SSSR count). The minimum absolute atomic E-state index is 0.118. The fourth-order valence-corrected chi connectivity index (χ4v) is 3.47. The van der Waals surface area contributed by atoms with Crippen LogP contribution in [0, 0.1) is 0 Å². The predicted molar refractivity (Wildman–Crippen MR) is 104 cm³/mol. The Morgan fingerprint density at radius 1 is 1.15 bits per heavy atom. The molecule has 140 valence electrons. The van der Waals surface area contributed by atoms with Crippen molar-refractivity contribution in [3.05, 3.63) is 42.4 Å². The van der Waals surface area contributed by atoms with E-state index < -0.39 is 0 Å². The highest BCUT2D eigenvalue weighted by Gasteiger charge is 2.24. The Labute approximate surface area is 158 Å². The first-order chi connectivity index (χ1) is 13.0. The largest absolute Gasteiger partial charge is 0.340 e. The summed E-state index contributed by atoms with van der Waals surface area (Å²) in [6.07, 6.45) is 4.11. The number of carbonyl (C=O) groups excluding carboxylic acids is 1. The van der Waals surface area contributed by atoms with Crippen LogP contribution in [-0.4, -0.2) is 68.4 Å². The number of aryl methyl sites for hydroxylation is 1. The van der Waals surface area contributed by atoms with Gasteiger partial charge in [-0.15, -0.1) is 0 Å². The van der Waals surface area contributed by atoms with Crippen LogP contribution in [-0.2, 0) is 18.3 Å². The summed E-state index contributed by atoms with van der Waals surface area (Å²) < 4.78 is 1.78. The van der Waals surface area contributed by atoms with Crippen LogP contribution in [0.3, 0.4) is 0 Å². The number of carbonyl (C=O) groups is 1. The third kappa shape index (κ3) is 3.68. The average Bonchev–Trinajstić information content (AvgIpc) is 3.09. The first-order valence-corrected chi connectivity index (χ1v) is 9.23. The SMILES string of the molecule is C[C@@H]1CN(C(=O)Cc2cc3cc(-c4cnn(C)c4)ccc3nn2)CCN1C. The van der Waals surface area contributed by atoms with E-state index in [0.29, 0.717) is 11.7 Å². The van der Waals surface area contributed by atoms with Gasteiger partial charge < -0.3 is 9.80 Å². The molecule has 0 radical (unpaired) electrons. The van der Waals surface area contributed by atoms with Crippen molar-refractivity contribution >= 4 is 16.8 Å². The Hall–Kier alpha value is -2.80. The summed E-state index contributed by atoms with van der Waals surface area (Å²) in [5.41, 5.74) is 3.67. The Balaban J connectivity index is 1.54. The first kappa shape index (κ1) is 17.6. The summed E-state index contributed by atoms with van der Waals surface area (Å²) in [7, 11) is 4.00. The van der Waals surface area contributed by atoms with Crippen LogP contribution in [0.1, 0.15) is 12.6 Å². The molecule has 1 saturated heterocycles. The fraction of sp³-hybridized carbons (Fsp3) is 0.400. The Kier molecular flexibility index (Phi) is 4.61. The van der Waals surface area contributed by atoms with E-state index in [1.165, 1.54) is 0 Å². The van der Waals surface area contributed by atoms with Crippen molar-refractivity contribution in [1.82, 2.24) is 29.8 Å². The third-order valence-corrected chi connectivity index (χ3v) is 5.32. The van der Waals surface area contributed by atoms with Gasteiger partial charge in [-0.3, -0.25) is 9.48 Å². The van der Waals surface area contributed by atoms with Crippen molar-refractivity contribution in [1.29, 1.82) is 0 Å². The van der Waals surface area contributed by atoms with E-state index in [1.54, 1.807) is 4.68 Å². The van der Waals surface area contributed by atoms with Crippen LogP contribution in [0.5, 0.6) is 0 Å². The maximum Gasteiger partial charge on any atom is 0.228 e. The smallest absolute Gasteiger partial charge is 0.228 e. The number of hydrogen-bond donors (Lipinski definition) is 0. The van der Waals surface area contributed by atoms with Gasteiger partial charge in [-0.1, -0.05) is 6.07 Å². The number of rotatable bonds is 3. The monoisotopic (exact) mass is 364 g/mol. The Bertz CT molecular complexity index is 982. The van der Waals surface area contributed by atoms with E-state index in [4.69, 9.17) is 0 Å². The van der Waals surface area contributed by atoms with Crippen LogP contribution in [0.25, 0.3) is 22.0 Å². The summed E-state index contributed by atoms with van der Waals surface area (Å²) in [6, 6.07) is 8.41. The van der Waals surface area contributed by atoms with E-state index in [0.717, 1.165) is 41.7 Å². The van der Waals surface area contributed by atoms with Crippen molar-refractivity contribution in [3.8, 4) is 11.1 Å². The number of fused-ring (bicyclic) bond motifs is 1. The molecule has 3 aromatic rings. The first-order valence-electron chi connectivity index (χ1n) is 9.23. The van der Waals surface area contributed by atoms with Crippen LogP contribution >= 0.6 is 0 Å². The van der Waals surface area contributed by atoms with Gasteiger partial charge in [0, 0.05) is 49.9 Å². The summed E-state index contributed by atoms with van der Waals surface area (Å²) in [5, 5.41) is 13.8. The van der Waals surface area contributed by atoms with Crippen molar-refractivity contribution < 1.29 is 4.79 Å². The number of aromatic nitrogens is 4. The second kappa shape index (κ2) is 7.08. The van der Waals surface area contributed by atoms with Crippen LogP contribution in [0.2, 0.25) is 0 Å². The molecule has 1 amide bonds. The van der Waals surface area contributed by atoms with Gasteiger partial charge in [0.1, 0.15) is 0 Å². The second-order valence-corrected chi connectivity index (χ2v) is 7.36. The van der Waals surface area contributed by atoms with Crippen molar-refractivity contribution in [3.63, 3.8) is 0 Å². The fourth-order valence-electron chi connectivity index (χ4n) is 3.47. The van der Waals surface area contributed by atoms with Gasteiger partial charge in [0.05, 0.1) is 23.8 Å². The molecule has 0 N–H and O–H groups in total. The number of piperazine rings is 1. The van der Waals surface area contributed by atoms with Gasteiger partial charge >= 0.3 is 0 Å². The lowest BCUT2D eigenvalue weighted by molar-refractivity contribution is -0.133. The molecule has 0 unspecified atom stereocenters. The van der Waals surface area contributed by atoms with Crippen LogP contribution < -0.4 is 0 Å². The quantitative estimate of drug-likeness (QED) is 0.708. The van der Waals surface area contributed by atoms with E-state index >= 15 is 0 Å². The normalized spacial score (nSPS) is 18.2. The summed E-state index contributed by atoms with van der Waals surface area (Å²) in [4.78, 5) is 16.9. The van der Waals surface area contributed by atoms with E-state index in [-0.39, 0.29) is 12.3 Å². The Morgan fingerprint density at radius 3 is 2.74 bits per heavy atom. The molecule has 1 fully saturated rings. The topological polar surface area (TPSA) is 67.2 Å². The van der Waals surface area contributed by atoms with Gasteiger partial charge in [0.25, 0.3) is 0 Å². The lowest BCUT2D eigenvalue weighted by atomic mass is 10.1. The lowest BCUT2D eigenvalue weighted by Crippen LogP contribution is -2.52. The van der Waals surface area contributed by atoms with Crippen molar-refractivity contribution in [2.24, 2.45) is 7.05 Å². The molecule has 0 bridgehead atoms. The highest BCUT2D eigenvalue weighted by Crippen LogP contribution is 2.23. The number of amides is 1. The molecular formula is C20H24N6O. The zero-order chi connectivity index (χ0) is 19.0. The van der Waals surface area contributed by atoms with Gasteiger partial charge in [0.2, 0.25) is 5.91 Å². The maximum absolute atomic E-state index is 12.7. The predicted octanol–water partition coefficient (Wildman–Crippen LogP) is 1.74. The second-order valence-electron chi connectivity index (χ2n) is 7.36. The number of nitrogens with zero attached hydrogens (tertiary/aromatic N) is 6. The summed E-state index contributed by atoms with van der Waals surface area (Å²) >= 11 is 0. The lowest BCUT2D eigenvalue weighted by Gasteiger charge is -2.37. The molecule has 1 aliphatic rings. The van der Waals surface area contributed by atoms with E-state index in [1.807, 2.05) is 42.5 Å². The molecule has 27 heavy (non-hydrogen) atoms. The Morgan fingerprint density at radius 2 is 2.00 bits per heavy atom. The van der Waals surface area contributed by atoms with Crippen LogP contribution in [0.15, 0.2) is 36.7 Å². The molecule has 0 saturated carbocycles. The zero-order valence-corrected chi connectivity index (χ0v) is 16.0. The minimum Gasteiger partial charge on any atom is -0.340 e. The number of hydrogen-bond acceptors (Lipinski definition) is 5. The van der Waals surface area contributed by atoms with Gasteiger partial charge in [0.15, 0.2) is 0 Å². The highest BCUT2D eigenvalue weighted by molar-refractivity contribution is 5.85. The number of likely N-dealkylation sites (N-methyl/N-ethyl adjacent to an activating group) is 1. The molecular weight excluding hydrogens is 340 g/mol. The molecule has 7 heteroatoms. The van der Waals surface area contributed by atoms with Gasteiger partial charge in [-0.05, 0) is 37.7 Å². The number of benzene rings is 1. The molecule has 0 spiro atoms. The van der Waals surface area contributed by atoms with E-state index in [9.17, 15) is 4.79 Å². The van der Waals surface area contributed by atoms with Crippen molar-refractivity contribution in [2.75, 3.05) is 26.7 Å². The summed E-state index contributed by atoms with van der Waals surface area (Å²) in [6.45, 7) is 4.59. The van der Waals surface area contributed by atoms with Crippen LogP contribution in [0.4, 0.5) is 0 Å². The molecule has 1 aromatic carbocycles. The molecule has 1 aliphatic heterocycles. The molecule has 1 atom stereocenters. The van der Waals surface area contributed by atoms with Crippen molar-refractivity contribution in [2.45, 2.75) is 19.4 Å². The third-order valence-electron chi connectivity index (χ3n) is 5.32. The molecule has 3 heterocycles. The van der Waals surface area contributed by atoms with Gasteiger partial charge in [-0.25, -0.2) is 0 Å². The van der Waals surface area contributed by atoms with Gasteiger partial charge in [-0.2, -0.15) is 15.3 Å². The average molecular weight is 364 g/mol. The molecule has 0 aliphatic carbocycles. The minimum atomic E-state index is 0.118. The van der Waals surface area contributed by atoms with E-state index in [2.05, 4.69) is 40.2 Å². The zero-order valence-electron chi connectivity index (χ0n) is 16.0. The highest BCUT2D eigenvalue weighted by atomic mass is 16.2.